The molecule has 0 saturated carbocycles. The van der Waals surface area contributed by atoms with E-state index >= 15 is 0 Å². The fraction of sp³-hybridized carbons (Fsp3) is 0.265. The molecule has 0 fully saturated rings. The maximum absolute atomic E-state index is 13.8. The Bertz CT molecular complexity index is 1920. The summed E-state index contributed by atoms with van der Waals surface area (Å²) in [6.45, 7) is -1.41. The lowest BCUT2D eigenvalue weighted by atomic mass is 9.70. The lowest BCUT2D eigenvalue weighted by Crippen LogP contribution is -2.44. The summed E-state index contributed by atoms with van der Waals surface area (Å²) in [7, 11) is -4.58. The summed E-state index contributed by atoms with van der Waals surface area (Å²) in [5.41, 5.74) is -0.510. The first-order chi connectivity index (χ1) is 23.7. The number of nitrogens with zero attached hydrogens (tertiary/aromatic N) is 1. The molecule has 0 bridgehead atoms. The van der Waals surface area contributed by atoms with Gasteiger partial charge in [0.15, 0.2) is 0 Å². The molecular weight excluding hydrogens is 719 g/mol. The van der Waals surface area contributed by atoms with E-state index in [-0.39, 0.29) is 36.1 Å². The summed E-state index contributed by atoms with van der Waals surface area (Å²) in [4.78, 5) is 12.0. The predicted molar refractivity (Wildman–Crippen MR) is 164 cm³/mol. The standard InChI is InChI=1S/C34H27F9N2O5S/c35-32(36,37)30(46)45-15-14-23-12-13-29(16-24(23)20-45)51(47,48)44-21-31(19-22-6-2-1-3-7-22,25-8-4-10-27(17-25)49-33(38,39)40)26-9-5-11-28(18-26)50-34(41,42)43/h1-13,16-18,44H,14-15,19-21H2. The second kappa shape index (κ2) is 14.1. The van der Waals surface area contributed by atoms with Crippen LogP contribution in [0.2, 0.25) is 0 Å². The number of sulfonamides is 1. The highest BCUT2D eigenvalue weighted by atomic mass is 32.2. The Hall–Kier alpha value is -4.77. The maximum Gasteiger partial charge on any atom is 0.573 e. The van der Waals surface area contributed by atoms with Gasteiger partial charge in [-0.1, -0.05) is 60.7 Å². The number of amides is 1. The third-order valence-corrected chi connectivity index (χ3v) is 9.58. The number of hydrogen-bond acceptors (Lipinski definition) is 5. The average Bonchev–Trinajstić information content (AvgIpc) is 3.04. The van der Waals surface area contributed by atoms with E-state index in [1.807, 2.05) is 0 Å². The number of nitrogens with one attached hydrogen (secondary N) is 1. The largest absolute Gasteiger partial charge is 0.573 e. The fourth-order valence-electron chi connectivity index (χ4n) is 5.92. The van der Waals surface area contributed by atoms with Gasteiger partial charge in [0.25, 0.3) is 0 Å². The van der Waals surface area contributed by atoms with E-state index in [9.17, 15) is 52.7 Å². The molecule has 1 aliphatic rings. The molecule has 7 nitrogen and oxygen atoms in total. The topological polar surface area (TPSA) is 84.9 Å². The van der Waals surface area contributed by atoms with Crippen LogP contribution in [0.5, 0.6) is 11.5 Å². The van der Waals surface area contributed by atoms with Gasteiger partial charge in [-0.25, -0.2) is 13.1 Å². The minimum absolute atomic E-state index is 0.0201. The van der Waals surface area contributed by atoms with Crippen molar-refractivity contribution in [2.75, 3.05) is 13.1 Å². The molecule has 0 spiro atoms. The van der Waals surface area contributed by atoms with Gasteiger partial charge in [0.05, 0.1) is 4.90 Å². The third kappa shape index (κ3) is 9.32. The van der Waals surface area contributed by atoms with Crippen molar-refractivity contribution in [3.05, 3.63) is 125 Å². The second-order valence-electron chi connectivity index (χ2n) is 11.6. The first-order valence-corrected chi connectivity index (χ1v) is 16.5. The molecule has 5 rings (SSSR count). The molecule has 1 N–H and O–H groups in total. The van der Waals surface area contributed by atoms with Crippen LogP contribution in [0.25, 0.3) is 0 Å². The van der Waals surface area contributed by atoms with Crippen LogP contribution in [0.15, 0.2) is 102 Å². The number of halogens is 9. The number of carbonyl (C=O) groups is 1. The minimum Gasteiger partial charge on any atom is -0.406 e. The van der Waals surface area contributed by atoms with Crippen molar-refractivity contribution in [2.45, 2.75) is 48.6 Å². The number of rotatable bonds is 10. The van der Waals surface area contributed by atoms with Crippen LogP contribution in [-0.2, 0) is 39.6 Å². The van der Waals surface area contributed by atoms with Gasteiger partial charge in [-0.15, -0.1) is 26.3 Å². The van der Waals surface area contributed by atoms with Gasteiger partial charge >= 0.3 is 24.8 Å². The van der Waals surface area contributed by atoms with E-state index in [0.29, 0.717) is 16.0 Å². The molecule has 1 amide bonds. The molecule has 4 aromatic carbocycles. The molecular formula is C34H27F9N2O5S. The molecule has 0 saturated heterocycles. The van der Waals surface area contributed by atoms with Crippen LogP contribution in [0.4, 0.5) is 39.5 Å². The lowest BCUT2D eigenvalue weighted by molar-refractivity contribution is -0.275. The van der Waals surface area contributed by atoms with Crippen LogP contribution < -0.4 is 14.2 Å². The zero-order chi connectivity index (χ0) is 37.2. The summed E-state index contributed by atoms with van der Waals surface area (Å²) in [6, 6.07) is 21.0. The van der Waals surface area contributed by atoms with Gasteiger partial charge < -0.3 is 14.4 Å². The van der Waals surface area contributed by atoms with Crippen molar-refractivity contribution >= 4 is 15.9 Å². The van der Waals surface area contributed by atoms with Gasteiger partial charge in [0, 0.05) is 25.0 Å². The van der Waals surface area contributed by atoms with Crippen LogP contribution in [0, 0.1) is 0 Å². The lowest BCUT2D eigenvalue weighted by Gasteiger charge is -2.36. The third-order valence-electron chi connectivity index (χ3n) is 8.18. The molecule has 0 unspecified atom stereocenters. The Labute approximate surface area is 285 Å². The van der Waals surface area contributed by atoms with Crippen molar-refractivity contribution in [1.82, 2.24) is 9.62 Å². The molecule has 0 aliphatic carbocycles. The Morgan fingerprint density at radius 2 is 1.27 bits per heavy atom. The van der Waals surface area contributed by atoms with Crippen LogP contribution in [-0.4, -0.2) is 51.2 Å². The molecule has 0 radical (unpaired) electrons. The molecule has 4 aromatic rings. The fourth-order valence-corrected chi connectivity index (χ4v) is 7.07. The Kier molecular flexibility index (Phi) is 10.4. The highest BCUT2D eigenvalue weighted by Crippen LogP contribution is 2.40. The average molecular weight is 747 g/mol. The summed E-state index contributed by atoms with van der Waals surface area (Å²) in [6.07, 6.45) is -15.5. The predicted octanol–water partition coefficient (Wildman–Crippen LogP) is 7.44. The summed E-state index contributed by atoms with van der Waals surface area (Å²) < 4.78 is 157. The van der Waals surface area contributed by atoms with Crippen molar-refractivity contribution in [1.29, 1.82) is 0 Å². The molecule has 1 aliphatic heterocycles. The first-order valence-electron chi connectivity index (χ1n) is 15.0. The van der Waals surface area contributed by atoms with Gasteiger partial charge in [-0.2, -0.15) is 13.2 Å². The van der Waals surface area contributed by atoms with Crippen molar-refractivity contribution in [3.8, 4) is 11.5 Å². The molecule has 0 atom stereocenters. The monoisotopic (exact) mass is 746 g/mol. The van der Waals surface area contributed by atoms with E-state index in [1.165, 1.54) is 36.4 Å². The molecule has 1 heterocycles. The van der Waals surface area contributed by atoms with Crippen LogP contribution >= 0.6 is 0 Å². The van der Waals surface area contributed by atoms with Gasteiger partial charge in [0.1, 0.15) is 11.5 Å². The highest BCUT2D eigenvalue weighted by Gasteiger charge is 2.43. The van der Waals surface area contributed by atoms with Crippen molar-refractivity contribution < 1.29 is 62.2 Å². The van der Waals surface area contributed by atoms with E-state index in [2.05, 4.69) is 14.2 Å². The van der Waals surface area contributed by atoms with Crippen LogP contribution in [0.3, 0.4) is 0 Å². The Balaban J connectivity index is 1.60. The molecule has 272 valence electrons. The van der Waals surface area contributed by atoms with E-state index in [0.717, 1.165) is 30.3 Å². The summed E-state index contributed by atoms with van der Waals surface area (Å²) in [5.74, 6) is -3.45. The number of hydrogen-bond donors (Lipinski definition) is 1. The number of ether oxygens (including phenoxy) is 2. The zero-order valence-electron chi connectivity index (χ0n) is 26.1. The number of alkyl halides is 9. The van der Waals surface area contributed by atoms with E-state index in [1.54, 1.807) is 30.3 Å². The van der Waals surface area contributed by atoms with Crippen molar-refractivity contribution in [2.24, 2.45) is 0 Å². The highest BCUT2D eigenvalue weighted by molar-refractivity contribution is 7.89. The Morgan fingerprint density at radius 3 is 1.80 bits per heavy atom. The molecule has 51 heavy (non-hydrogen) atoms. The summed E-state index contributed by atoms with van der Waals surface area (Å²) in [5, 5.41) is 0. The van der Waals surface area contributed by atoms with Gasteiger partial charge in [-0.05, 0) is 77.1 Å². The normalized spacial score (nSPS) is 14.2. The summed E-state index contributed by atoms with van der Waals surface area (Å²) >= 11 is 0. The molecule has 0 aromatic heterocycles. The van der Waals surface area contributed by atoms with Crippen LogP contribution in [0.1, 0.15) is 27.8 Å². The maximum atomic E-state index is 13.8. The number of benzene rings is 4. The molecule has 17 heteroatoms. The second-order valence-corrected chi connectivity index (χ2v) is 13.4. The smallest absolute Gasteiger partial charge is 0.406 e. The number of fused-ring (bicyclic) bond motifs is 1. The number of carbonyl (C=O) groups excluding carboxylic acids is 1. The minimum atomic E-state index is -5.14. The zero-order valence-corrected chi connectivity index (χ0v) is 26.9. The van der Waals surface area contributed by atoms with E-state index < -0.39 is 69.7 Å². The van der Waals surface area contributed by atoms with Crippen molar-refractivity contribution in [3.63, 3.8) is 0 Å². The Morgan fingerprint density at radius 1 is 0.706 bits per heavy atom. The SMILES string of the molecule is O=C(N1CCc2ccc(S(=O)(=O)NCC(Cc3ccccc3)(c3cccc(OC(F)(F)F)c3)c3cccc(OC(F)(F)F)c3)cc2C1)C(F)(F)F. The van der Waals surface area contributed by atoms with E-state index in [4.69, 9.17) is 0 Å². The van der Waals surface area contributed by atoms with Gasteiger partial charge in [0.2, 0.25) is 10.0 Å². The van der Waals surface area contributed by atoms with Gasteiger partial charge in [-0.3, -0.25) is 4.79 Å². The first kappa shape index (κ1) is 37.5. The quantitative estimate of drug-likeness (QED) is 0.171.